The van der Waals surface area contributed by atoms with Crippen molar-refractivity contribution in [2.24, 2.45) is 4.99 Å². The summed E-state index contributed by atoms with van der Waals surface area (Å²) in [4.78, 5) is 24.9. The molecule has 0 bridgehead atoms. The number of carbonyl (C=O) groups is 1. The van der Waals surface area contributed by atoms with E-state index in [1.165, 1.54) is 27.9 Å². The number of carbonyl (C=O) groups excluding carboxylic acids is 1. The predicted molar refractivity (Wildman–Crippen MR) is 144 cm³/mol. The van der Waals surface area contributed by atoms with Crippen LogP contribution in [0.1, 0.15) is 31.0 Å². The Balaban J connectivity index is 1.49. The van der Waals surface area contributed by atoms with Gasteiger partial charge in [0.1, 0.15) is 9.93 Å². The van der Waals surface area contributed by atoms with Crippen LogP contribution >= 0.6 is 23.5 Å². The fraction of sp³-hybridized carbons (Fsp3) is 0.214. The summed E-state index contributed by atoms with van der Waals surface area (Å²) in [5.41, 5.74) is 3.53. The van der Waals surface area contributed by atoms with Gasteiger partial charge >= 0.3 is 0 Å². The maximum atomic E-state index is 13.8. The third kappa shape index (κ3) is 4.52. The van der Waals surface area contributed by atoms with E-state index in [-0.39, 0.29) is 11.9 Å². The zero-order chi connectivity index (χ0) is 23.5. The van der Waals surface area contributed by atoms with Crippen molar-refractivity contribution in [3.8, 4) is 0 Å². The Morgan fingerprint density at radius 2 is 1.53 bits per heavy atom. The molecule has 5 rings (SSSR count). The highest BCUT2D eigenvalue weighted by Gasteiger charge is 2.39. The van der Waals surface area contributed by atoms with E-state index >= 15 is 0 Å². The van der Waals surface area contributed by atoms with Gasteiger partial charge in [0.25, 0.3) is 5.91 Å². The van der Waals surface area contributed by atoms with Gasteiger partial charge in [-0.2, -0.15) is 0 Å². The maximum absolute atomic E-state index is 13.8. The summed E-state index contributed by atoms with van der Waals surface area (Å²) in [6, 6.07) is 28.9. The first-order chi connectivity index (χ1) is 16.7. The van der Waals surface area contributed by atoms with Gasteiger partial charge in [0.15, 0.2) is 5.17 Å². The van der Waals surface area contributed by atoms with Crippen molar-refractivity contribution in [2.45, 2.75) is 31.2 Å². The Labute approximate surface area is 209 Å². The molecule has 6 heteroatoms. The van der Waals surface area contributed by atoms with Crippen LogP contribution in [0.2, 0.25) is 0 Å². The molecule has 34 heavy (non-hydrogen) atoms. The first-order valence-corrected chi connectivity index (χ1v) is 13.2. The second-order valence-corrected chi connectivity index (χ2v) is 10.2. The third-order valence-corrected chi connectivity index (χ3v) is 8.43. The lowest BCUT2D eigenvalue weighted by Gasteiger charge is -2.19. The molecule has 0 unspecified atom stereocenters. The Morgan fingerprint density at radius 3 is 2.26 bits per heavy atom. The van der Waals surface area contributed by atoms with Crippen molar-refractivity contribution in [1.29, 1.82) is 0 Å². The van der Waals surface area contributed by atoms with Crippen LogP contribution < -0.4 is 4.90 Å². The minimum absolute atomic E-state index is 0.0317. The highest BCUT2D eigenvalue weighted by atomic mass is 32.2. The summed E-state index contributed by atoms with van der Waals surface area (Å²) in [5, 5.41) is 1.80. The molecule has 2 heterocycles. The van der Waals surface area contributed by atoms with Gasteiger partial charge in [-0.1, -0.05) is 84.6 Å². The lowest BCUT2D eigenvalue weighted by Crippen LogP contribution is -2.32. The van der Waals surface area contributed by atoms with Crippen molar-refractivity contribution >= 4 is 40.3 Å². The lowest BCUT2D eigenvalue weighted by molar-refractivity contribution is -0.122. The Kier molecular flexibility index (Phi) is 6.79. The molecule has 0 N–H and O–H groups in total. The Hall–Kier alpha value is -2.96. The number of fused-ring (bicyclic) bond motifs is 1. The summed E-state index contributed by atoms with van der Waals surface area (Å²) >= 11 is 3.20. The SMILES string of the molecule is CCN1/C(=C2/SC(=N[C@H](C)c3ccccc3)N(CCc3ccccc3)C2=O)Sc2ccccc21. The van der Waals surface area contributed by atoms with Crippen molar-refractivity contribution in [2.75, 3.05) is 18.0 Å². The molecule has 172 valence electrons. The molecule has 1 saturated heterocycles. The number of hydrogen-bond acceptors (Lipinski definition) is 5. The van der Waals surface area contributed by atoms with Crippen molar-refractivity contribution < 1.29 is 4.79 Å². The lowest BCUT2D eigenvalue weighted by atomic mass is 10.1. The molecule has 4 nitrogen and oxygen atoms in total. The van der Waals surface area contributed by atoms with Crippen LogP contribution in [0.15, 0.2) is 105 Å². The fourth-order valence-corrected chi connectivity index (χ4v) is 6.68. The van der Waals surface area contributed by atoms with E-state index in [1.54, 1.807) is 11.8 Å². The van der Waals surface area contributed by atoms with Crippen molar-refractivity contribution in [3.05, 3.63) is 106 Å². The standard InChI is InChI=1S/C28H27N3OS2/c1-3-30-23-16-10-11-17-24(23)33-27(30)25-26(32)31(19-18-21-12-6-4-7-13-21)28(34-25)29-20(2)22-14-8-5-9-15-22/h4-17,20H,3,18-19H2,1-2H3/b27-25-,29-28?/t20-/m1/s1. The van der Waals surface area contributed by atoms with Crippen LogP contribution in [-0.2, 0) is 11.2 Å². The summed E-state index contributed by atoms with van der Waals surface area (Å²) in [6.45, 7) is 5.64. The van der Waals surface area contributed by atoms with E-state index in [2.05, 4.69) is 67.3 Å². The number of thioether (sulfide) groups is 2. The summed E-state index contributed by atoms with van der Waals surface area (Å²) in [6.07, 6.45) is 0.791. The molecule has 0 radical (unpaired) electrons. The maximum Gasteiger partial charge on any atom is 0.269 e. The molecule has 3 aromatic carbocycles. The smallest absolute Gasteiger partial charge is 0.269 e. The number of nitrogens with zero attached hydrogens (tertiary/aromatic N) is 3. The number of anilines is 1. The molecule has 2 aliphatic heterocycles. The van der Waals surface area contributed by atoms with Gasteiger partial charge in [-0.05, 0) is 55.3 Å². The van der Waals surface area contributed by atoms with Crippen LogP contribution in [0.5, 0.6) is 0 Å². The summed E-state index contributed by atoms with van der Waals surface area (Å²) in [5.74, 6) is 0.0497. The molecular formula is C28H27N3OS2. The first-order valence-electron chi connectivity index (χ1n) is 11.6. The molecule has 2 aliphatic rings. The highest BCUT2D eigenvalue weighted by molar-refractivity contribution is 8.19. The number of amides is 1. The third-order valence-electron chi connectivity index (χ3n) is 6.03. The van der Waals surface area contributed by atoms with Crippen molar-refractivity contribution in [3.63, 3.8) is 0 Å². The number of rotatable bonds is 6. The van der Waals surface area contributed by atoms with Gasteiger partial charge in [0.2, 0.25) is 0 Å². The van der Waals surface area contributed by atoms with Gasteiger partial charge in [-0.15, -0.1) is 0 Å². The topological polar surface area (TPSA) is 35.9 Å². The summed E-state index contributed by atoms with van der Waals surface area (Å²) in [7, 11) is 0. The number of aliphatic imine (C=N–C) groups is 1. The molecule has 0 aliphatic carbocycles. The average molecular weight is 486 g/mol. The molecule has 0 spiro atoms. The van der Waals surface area contributed by atoms with E-state index in [0.717, 1.165) is 33.6 Å². The zero-order valence-corrected chi connectivity index (χ0v) is 21.0. The minimum Gasteiger partial charge on any atom is -0.334 e. The molecule has 0 aromatic heterocycles. The number of hydrogen-bond donors (Lipinski definition) is 0. The van der Waals surface area contributed by atoms with Crippen LogP contribution in [0.25, 0.3) is 0 Å². The molecule has 1 amide bonds. The monoisotopic (exact) mass is 485 g/mol. The van der Waals surface area contributed by atoms with Gasteiger partial charge < -0.3 is 4.90 Å². The predicted octanol–water partition coefficient (Wildman–Crippen LogP) is 6.72. The second-order valence-electron chi connectivity index (χ2n) is 8.24. The minimum atomic E-state index is -0.0317. The first kappa shape index (κ1) is 22.8. The van der Waals surface area contributed by atoms with Gasteiger partial charge in [-0.3, -0.25) is 14.7 Å². The summed E-state index contributed by atoms with van der Waals surface area (Å²) < 4.78 is 0. The van der Waals surface area contributed by atoms with E-state index < -0.39 is 0 Å². The second kappa shape index (κ2) is 10.1. The van der Waals surface area contributed by atoms with Gasteiger partial charge in [0, 0.05) is 18.0 Å². The van der Waals surface area contributed by atoms with Crippen LogP contribution in [0.3, 0.4) is 0 Å². The van der Waals surface area contributed by atoms with Crippen molar-refractivity contribution in [1.82, 2.24) is 4.90 Å². The number of amidine groups is 1. The van der Waals surface area contributed by atoms with Gasteiger partial charge in [-0.25, -0.2) is 0 Å². The number of para-hydroxylation sites is 1. The van der Waals surface area contributed by atoms with E-state index in [0.29, 0.717) is 6.54 Å². The number of benzene rings is 3. The van der Waals surface area contributed by atoms with Crippen LogP contribution in [0, 0.1) is 0 Å². The van der Waals surface area contributed by atoms with Crippen LogP contribution in [-0.4, -0.2) is 29.1 Å². The average Bonchev–Trinajstić information content (AvgIpc) is 3.40. The van der Waals surface area contributed by atoms with Gasteiger partial charge in [0.05, 0.1) is 11.7 Å². The van der Waals surface area contributed by atoms with E-state index in [1.807, 2.05) is 41.3 Å². The quantitative estimate of drug-likeness (QED) is 0.363. The largest absolute Gasteiger partial charge is 0.334 e. The molecular weight excluding hydrogens is 458 g/mol. The van der Waals surface area contributed by atoms with Crippen LogP contribution in [0.4, 0.5) is 5.69 Å². The van der Waals surface area contributed by atoms with E-state index in [4.69, 9.17) is 4.99 Å². The Bertz CT molecular complexity index is 1240. The Morgan fingerprint density at radius 1 is 0.853 bits per heavy atom. The fourth-order valence-electron chi connectivity index (χ4n) is 4.20. The normalized spacial score (nSPS) is 19.7. The molecule has 3 aromatic rings. The molecule has 1 fully saturated rings. The molecule has 1 atom stereocenters. The van der Waals surface area contributed by atoms with E-state index in [9.17, 15) is 4.79 Å². The zero-order valence-electron chi connectivity index (χ0n) is 19.3. The highest BCUT2D eigenvalue weighted by Crippen LogP contribution is 2.50. The molecule has 0 saturated carbocycles.